The van der Waals surface area contributed by atoms with Crippen molar-refractivity contribution in [1.82, 2.24) is 16.0 Å². The minimum Gasteiger partial charge on any atom is -0.484 e. The van der Waals surface area contributed by atoms with Gasteiger partial charge in [0.1, 0.15) is 17.3 Å². The van der Waals surface area contributed by atoms with Gasteiger partial charge in [-0.2, -0.15) is 13.2 Å². The normalized spacial score (nSPS) is 27.1. The number of carbonyl (C=O) groups excluding carboxylic acids is 2. The molecule has 3 N–H and O–H groups in total. The first-order chi connectivity index (χ1) is 18.4. The first-order valence-electron chi connectivity index (χ1n) is 12.4. The van der Waals surface area contributed by atoms with Gasteiger partial charge in [0, 0.05) is 40.7 Å². The summed E-state index contributed by atoms with van der Waals surface area (Å²) in [6.07, 6.45) is -3.62. The number of hydrogen-bond acceptors (Lipinski definition) is 5. The Kier molecular flexibility index (Phi) is 7.60. The van der Waals surface area contributed by atoms with Crippen LogP contribution in [0.1, 0.15) is 37.3 Å². The first kappa shape index (κ1) is 27.8. The van der Waals surface area contributed by atoms with Crippen molar-refractivity contribution in [2.24, 2.45) is 5.92 Å². The number of fused-ring (bicyclic) bond motifs is 2. The molecule has 39 heavy (non-hydrogen) atoms. The van der Waals surface area contributed by atoms with Crippen molar-refractivity contribution in [2.45, 2.75) is 55.6 Å². The van der Waals surface area contributed by atoms with Crippen LogP contribution in [0.25, 0.3) is 0 Å². The van der Waals surface area contributed by atoms with E-state index >= 15 is 0 Å². The van der Waals surface area contributed by atoms with Crippen molar-refractivity contribution >= 4 is 35.0 Å². The topological polar surface area (TPSA) is 88.7 Å². The molecule has 1 unspecified atom stereocenters. The van der Waals surface area contributed by atoms with Crippen molar-refractivity contribution in [3.05, 3.63) is 57.8 Å². The van der Waals surface area contributed by atoms with E-state index in [9.17, 15) is 27.2 Å². The van der Waals surface area contributed by atoms with Crippen LogP contribution >= 0.6 is 23.2 Å². The van der Waals surface area contributed by atoms with E-state index in [1.54, 1.807) is 12.1 Å². The van der Waals surface area contributed by atoms with Crippen LogP contribution in [-0.4, -0.2) is 48.8 Å². The minimum atomic E-state index is -4.42. The molecule has 1 aliphatic heterocycles. The smallest absolute Gasteiger partial charge is 0.401 e. The van der Waals surface area contributed by atoms with Gasteiger partial charge < -0.3 is 25.4 Å². The lowest BCUT2D eigenvalue weighted by atomic mass is 9.76. The molecule has 0 spiro atoms. The summed E-state index contributed by atoms with van der Waals surface area (Å²) in [5.41, 5.74) is -0.0665. The molecule has 7 nitrogen and oxygen atoms in total. The zero-order chi connectivity index (χ0) is 27.9. The molecule has 1 heterocycles. The van der Waals surface area contributed by atoms with E-state index in [0.29, 0.717) is 35.6 Å². The number of nitrogens with one attached hydrogen (secondary N) is 3. The van der Waals surface area contributed by atoms with E-state index in [1.807, 2.05) is 0 Å². The van der Waals surface area contributed by atoms with Crippen molar-refractivity contribution in [3.8, 4) is 11.5 Å². The highest BCUT2D eigenvalue weighted by Crippen LogP contribution is 2.52. The monoisotopic (exact) mass is 589 g/mol. The molecule has 3 aliphatic carbocycles. The van der Waals surface area contributed by atoms with Crippen LogP contribution < -0.4 is 25.4 Å². The quantitative estimate of drug-likeness (QED) is 0.388. The maximum absolute atomic E-state index is 13.6. The van der Waals surface area contributed by atoms with Gasteiger partial charge in [0.25, 0.3) is 11.8 Å². The Morgan fingerprint density at radius 2 is 1.87 bits per heavy atom. The average Bonchev–Trinajstić information content (AvgIpc) is 3.36. The minimum absolute atomic E-state index is 0.00242. The SMILES string of the molecule is O=C(COc1ccc(Cl)c(F)c1)NC1CC2(NC(=O)[C@@H]3C[C@@H](NCC(F)(F)F)c4cc(Cl)ccc4O3)CC1C2. The number of alkyl halides is 3. The maximum atomic E-state index is 13.6. The van der Waals surface area contributed by atoms with Crippen molar-refractivity contribution < 1.29 is 36.6 Å². The molecule has 210 valence electrons. The van der Waals surface area contributed by atoms with E-state index in [1.165, 1.54) is 18.2 Å². The highest BCUT2D eigenvalue weighted by molar-refractivity contribution is 6.31. The van der Waals surface area contributed by atoms with E-state index in [-0.39, 0.29) is 41.7 Å². The molecule has 2 bridgehead atoms. The predicted octanol–water partition coefficient (Wildman–Crippen LogP) is 4.71. The van der Waals surface area contributed by atoms with Crippen LogP contribution in [0.5, 0.6) is 11.5 Å². The lowest BCUT2D eigenvalue weighted by molar-refractivity contribution is -0.133. The van der Waals surface area contributed by atoms with Gasteiger partial charge in [-0.15, -0.1) is 0 Å². The van der Waals surface area contributed by atoms with Gasteiger partial charge in [0.2, 0.25) is 0 Å². The molecule has 13 heteroatoms. The Bertz CT molecular complexity index is 1270. The highest BCUT2D eigenvalue weighted by Gasteiger charge is 2.57. The number of hydrogen-bond donors (Lipinski definition) is 3. The zero-order valence-corrected chi connectivity index (χ0v) is 21.9. The summed E-state index contributed by atoms with van der Waals surface area (Å²) in [6.45, 7) is -1.53. The zero-order valence-electron chi connectivity index (χ0n) is 20.4. The summed E-state index contributed by atoms with van der Waals surface area (Å²) in [4.78, 5) is 25.6. The molecule has 3 saturated carbocycles. The largest absolute Gasteiger partial charge is 0.484 e. The Balaban J connectivity index is 1.16. The van der Waals surface area contributed by atoms with Crippen molar-refractivity contribution in [1.29, 1.82) is 0 Å². The Labute approximate surface area is 231 Å². The lowest BCUT2D eigenvalue weighted by Crippen LogP contribution is -2.56. The molecule has 4 aliphatic rings. The third kappa shape index (κ3) is 6.36. The van der Waals surface area contributed by atoms with Crippen molar-refractivity contribution in [2.75, 3.05) is 13.2 Å². The molecular weight excluding hydrogens is 565 g/mol. The fourth-order valence-corrected chi connectivity index (χ4v) is 5.94. The molecule has 0 aromatic heterocycles. The lowest BCUT2D eigenvalue weighted by Gasteiger charge is -2.41. The van der Waals surface area contributed by atoms with E-state index in [4.69, 9.17) is 32.7 Å². The van der Waals surface area contributed by atoms with Crippen molar-refractivity contribution in [3.63, 3.8) is 0 Å². The number of benzene rings is 2. The van der Waals surface area contributed by atoms with Gasteiger partial charge in [-0.25, -0.2) is 4.39 Å². The van der Waals surface area contributed by atoms with E-state index in [2.05, 4.69) is 16.0 Å². The fraction of sp³-hybridized carbons (Fsp3) is 0.462. The van der Waals surface area contributed by atoms with Gasteiger partial charge in [-0.1, -0.05) is 23.2 Å². The summed E-state index contributed by atoms with van der Waals surface area (Å²) in [7, 11) is 0. The molecule has 6 rings (SSSR count). The summed E-state index contributed by atoms with van der Waals surface area (Å²) in [5, 5.41) is 8.70. The molecule has 3 atom stereocenters. The Hall–Kier alpha value is -2.76. The molecule has 2 amide bonds. The second-order valence-electron chi connectivity index (χ2n) is 10.3. The third-order valence-electron chi connectivity index (χ3n) is 7.39. The molecule has 2 aromatic rings. The van der Waals surface area contributed by atoms with Gasteiger partial charge in [0.05, 0.1) is 11.6 Å². The number of halogens is 6. The Morgan fingerprint density at radius 1 is 1.10 bits per heavy atom. The Morgan fingerprint density at radius 3 is 2.59 bits per heavy atom. The van der Waals surface area contributed by atoms with Gasteiger partial charge in [-0.05, 0) is 55.5 Å². The summed E-state index contributed by atoms with van der Waals surface area (Å²) >= 11 is 11.7. The predicted molar refractivity (Wildman–Crippen MR) is 134 cm³/mol. The van der Waals surface area contributed by atoms with Gasteiger partial charge in [-0.3, -0.25) is 9.59 Å². The summed E-state index contributed by atoms with van der Waals surface area (Å²) in [5.74, 6) is -0.821. The second-order valence-corrected chi connectivity index (χ2v) is 11.1. The van der Waals surface area contributed by atoms with Crippen LogP contribution in [0.2, 0.25) is 10.0 Å². The standard InChI is InChI=1S/C26H25Cl2F4N3O4/c27-14-1-4-21-16(5-14)19(33-12-26(30,31)32)7-22(39-21)24(37)35-25-8-13(9-25)20(10-25)34-23(36)11-38-15-2-3-17(28)18(29)6-15/h1-6,13,19-20,22,33H,7-12H2,(H,34,36)(H,35,37)/t13?,19-,20?,22+,25?/m1/s1. The molecule has 2 aromatic carbocycles. The highest BCUT2D eigenvalue weighted by atomic mass is 35.5. The number of carbonyl (C=O) groups is 2. The molecular formula is C26H25Cl2F4N3O4. The van der Waals surface area contributed by atoms with E-state index in [0.717, 1.165) is 6.07 Å². The van der Waals surface area contributed by atoms with Gasteiger partial charge >= 0.3 is 6.18 Å². The maximum Gasteiger partial charge on any atom is 0.401 e. The van der Waals surface area contributed by atoms with E-state index < -0.39 is 42.1 Å². The van der Waals surface area contributed by atoms with Gasteiger partial charge in [0.15, 0.2) is 12.7 Å². The molecule has 0 saturated heterocycles. The van der Waals surface area contributed by atoms with Crippen LogP contribution in [0.15, 0.2) is 36.4 Å². The number of rotatable bonds is 8. The second kappa shape index (κ2) is 10.7. The third-order valence-corrected chi connectivity index (χ3v) is 7.93. The number of amides is 2. The van der Waals surface area contributed by atoms with Crippen LogP contribution in [0.3, 0.4) is 0 Å². The summed E-state index contributed by atoms with van der Waals surface area (Å²) in [6, 6.07) is 7.55. The average molecular weight is 590 g/mol. The number of ether oxygens (including phenoxy) is 2. The van der Waals surface area contributed by atoms with Crippen LogP contribution in [-0.2, 0) is 9.59 Å². The first-order valence-corrected chi connectivity index (χ1v) is 13.1. The van der Waals surface area contributed by atoms with Crippen LogP contribution in [0.4, 0.5) is 17.6 Å². The molecule has 3 fully saturated rings. The summed E-state index contributed by atoms with van der Waals surface area (Å²) < 4.78 is 63.4. The van der Waals surface area contributed by atoms with Crippen LogP contribution in [0, 0.1) is 11.7 Å². The fourth-order valence-electron chi connectivity index (χ4n) is 5.64. The molecule has 0 radical (unpaired) electrons.